The number of alkyl carbamates (subject to hydrolysis) is 1. The van der Waals surface area contributed by atoms with Crippen molar-refractivity contribution < 1.29 is 19.1 Å². The van der Waals surface area contributed by atoms with Gasteiger partial charge in [-0.1, -0.05) is 0 Å². The fourth-order valence-electron chi connectivity index (χ4n) is 0.877. The van der Waals surface area contributed by atoms with Crippen molar-refractivity contribution in [1.82, 2.24) is 10.6 Å². The lowest BCUT2D eigenvalue weighted by molar-refractivity contribution is -0.125. The van der Waals surface area contributed by atoms with E-state index in [1.165, 1.54) is 6.92 Å². The van der Waals surface area contributed by atoms with Gasteiger partial charge < -0.3 is 21.1 Å². The summed E-state index contributed by atoms with van der Waals surface area (Å²) >= 11 is 0. The summed E-state index contributed by atoms with van der Waals surface area (Å²) in [6.45, 7) is 6.35. The van der Waals surface area contributed by atoms with Gasteiger partial charge in [-0.15, -0.1) is 0 Å². The Balaban J connectivity index is 4.08. The molecule has 0 aliphatic rings. The minimum absolute atomic E-state index is 0.265. The molecule has 0 aromatic rings. The molecule has 0 bridgehead atoms. The van der Waals surface area contributed by atoms with Crippen LogP contribution in [0.25, 0.3) is 0 Å². The SMILES string of the molecule is C[C@H](NC(=O)OC(C)(C)C)C(=O)NCC(N)=O. The quantitative estimate of drug-likeness (QED) is 0.620. The van der Waals surface area contributed by atoms with E-state index < -0.39 is 29.6 Å². The van der Waals surface area contributed by atoms with E-state index in [1.807, 2.05) is 0 Å². The highest BCUT2D eigenvalue weighted by Gasteiger charge is 2.20. The zero-order valence-electron chi connectivity index (χ0n) is 10.5. The molecule has 0 rings (SSSR count). The molecule has 0 saturated heterocycles. The first-order valence-electron chi connectivity index (χ1n) is 5.17. The lowest BCUT2D eigenvalue weighted by Crippen LogP contribution is -2.48. The number of ether oxygens (including phenoxy) is 1. The third kappa shape index (κ3) is 8.06. The first kappa shape index (κ1) is 15.2. The first-order chi connectivity index (χ1) is 7.61. The summed E-state index contributed by atoms with van der Waals surface area (Å²) < 4.78 is 4.96. The monoisotopic (exact) mass is 245 g/mol. The topological polar surface area (TPSA) is 111 Å². The number of nitrogens with two attached hydrogens (primary N) is 1. The second-order valence-electron chi connectivity index (χ2n) is 4.55. The fraction of sp³-hybridized carbons (Fsp3) is 0.700. The molecule has 0 aromatic carbocycles. The number of carbonyl (C=O) groups excluding carboxylic acids is 3. The lowest BCUT2D eigenvalue weighted by Gasteiger charge is -2.21. The largest absolute Gasteiger partial charge is 0.444 e. The molecule has 0 aromatic heterocycles. The predicted octanol–water partition coefficient (Wildman–Crippen LogP) is -0.499. The first-order valence-corrected chi connectivity index (χ1v) is 5.17. The van der Waals surface area contributed by atoms with Gasteiger partial charge in [0.1, 0.15) is 11.6 Å². The van der Waals surface area contributed by atoms with E-state index in [2.05, 4.69) is 10.6 Å². The fourth-order valence-corrected chi connectivity index (χ4v) is 0.877. The predicted molar refractivity (Wildman–Crippen MR) is 61.0 cm³/mol. The lowest BCUT2D eigenvalue weighted by atomic mass is 10.2. The van der Waals surface area contributed by atoms with Crippen LogP contribution in [0, 0.1) is 0 Å². The smallest absolute Gasteiger partial charge is 0.408 e. The molecule has 1 atom stereocenters. The van der Waals surface area contributed by atoms with Gasteiger partial charge in [0.05, 0.1) is 6.54 Å². The van der Waals surface area contributed by atoms with Crippen LogP contribution in [0.15, 0.2) is 0 Å². The Hall–Kier alpha value is -1.79. The van der Waals surface area contributed by atoms with E-state index in [0.29, 0.717) is 0 Å². The molecule has 7 nitrogen and oxygen atoms in total. The number of amides is 3. The molecule has 0 aliphatic heterocycles. The Morgan fingerprint density at radius 3 is 2.24 bits per heavy atom. The summed E-state index contributed by atoms with van der Waals surface area (Å²) in [7, 11) is 0. The van der Waals surface area contributed by atoms with E-state index in [0.717, 1.165) is 0 Å². The molecule has 4 N–H and O–H groups in total. The van der Waals surface area contributed by atoms with Crippen molar-refractivity contribution in [2.45, 2.75) is 39.3 Å². The van der Waals surface area contributed by atoms with Crippen LogP contribution in [0.4, 0.5) is 4.79 Å². The molecule has 3 amide bonds. The number of carbonyl (C=O) groups is 3. The molecule has 0 fully saturated rings. The number of rotatable bonds is 4. The van der Waals surface area contributed by atoms with Gasteiger partial charge in [0, 0.05) is 0 Å². The van der Waals surface area contributed by atoms with Gasteiger partial charge in [-0.2, -0.15) is 0 Å². The Labute approximate surface area is 100 Å². The van der Waals surface area contributed by atoms with Crippen LogP contribution in [0.1, 0.15) is 27.7 Å². The highest BCUT2D eigenvalue weighted by Crippen LogP contribution is 2.06. The van der Waals surface area contributed by atoms with E-state index in [1.54, 1.807) is 20.8 Å². The van der Waals surface area contributed by atoms with E-state index >= 15 is 0 Å². The zero-order valence-corrected chi connectivity index (χ0v) is 10.5. The zero-order chi connectivity index (χ0) is 13.6. The van der Waals surface area contributed by atoms with E-state index in [-0.39, 0.29) is 6.54 Å². The molecule has 0 radical (unpaired) electrons. The number of hydrogen-bond donors (Lipinski definition) is 3. The standard InChI is InChI=1S/C10H19N3O4/c1-6(8(15)12-5-7(11)14)13-9(16)17-10(2,3)4/h6H,5H2,1-4H3,(H2,11,14)(H,12,15)(H,13,16)/t6-/m0/s1. The minimum Gasteiger partial charge on any atom is -0.444 e. The maximum absolute atomic E-state index is 11.4. The Bertz CT molecular complexity index is 309. The number of hydrogen-bond acceptors (Lipinski definition) is 4. The van der Waals surface area contributed by atoms with Gasteiger partial charge in [-0.3, -0.25) is 9.59 Å². The average Bonchev–Trinajstić information content (AvgIpc) is 2.10. The molecule has 7 heteroatoms. The third-order valence-electron chi connectivity index (χ3n) is 1.56. The van der Waals surface area contributed by atoms with Crippen molar-refractivity contribution in [2.24, 2.45) is 5.73 Å². The molecule has 17 heavy (non-hydrogen) atoms. The second-order valence-corrected chi connectivity index (χ2v) is 4.55. The van der Waals surface area contributed by atoms with E-state index in [9.17, 15) is 14.4 Å². The minimum atomic E-state index is -0.802. The highest BCUT2D eigenvalue weighted by molar-refractivity contribution is 5.88. The molecular formula is C10H19N3O4. The Morgan fingerprint density at radius 2 is 1.82 bits per heavy atom. The molecule has 0 saturated carbocycles. The average molecular weight is 245 g/mol. The van der Waals surface area contributed by atoms with Crippen molar-refractivity contribution in [3.8, 4) is 0 Å². The van der Waals surface area contributed by atoms with Gasteiger partial charge >= 0.3 is 6.09 Å². The summed E-state index contributed by atoms with van der Waals surface area (Å²) in [6, 6.07) is -0.802. The van der Waals surface area contributed by atoms with Crippen LogP contribution in [0.2, 0.25) is 0 Å². The molecule has 0 spiro atoms. The van der Waals surface area contributed by atoms with Crippen LogP contribution >= 0.6 is 0 Å². The molecule has 0 aliphatic carbocycles. The summed E-state index contributed by atoms with van der Waals surface area (Å²) in [4.78, 5) is 33.1. The summed E-state index contributed by atoms with van der Waals surface area (Å²) in [5.41, 5.74) is 4.23. The van der Waals surface area contributed by atoms with Gasteiger partial charge in [-0.25, -0.2) is 4.79 Å². The Kier molecular flexibility index (Phi) is 5.43. The van der Waals surface area contributed by atoms with Crippen LogP contribution in [-0.2, 0) is 14.3 Å². The maximum atomic E-state index is 11.4. The second kappa shape index (κ2) is 6.07. The Morgan fingerprint density at radius 1 is 1.29 bits per heavy atom. The van der Waals surface area contributed by atoms with Gasteiger partial charge in [0.25, 0.3) is 0 Å². The van der Waals surface area contributed by atoms with Gasteiger partial charge in [0.2, 0.25) is 11.8 Å². The maximum Gasteiger partial charge on any atom is 0.408 e. The summed E-state index contributed by atoms with van der Waals surface area (Å²) in [5.74, 6) is -1.16. The molecule has 0 unspecified atom stereocenters. The molecular weight excluding hydrogens is 226 g/mol. The molecule has 98 valence electrons. The number of nitrogens with one attached hydrogen (secondary N) is 2. The summed E-state index contributed by atoms with van der Waals surface area (Å²) in [6.07, 6.45) is -0.695. The van der Waals surface area contributed by atoms with Gasteiger partial charge in [0.15, 0.2) is 0 Å². The van der Waals surface area contributed by atoms with Crippen molar-refractivity contribution in [2.75, 3.05) is 6.54 Å². The van der Waals surface area contributed by atoms with Crippen molar-refractivity contribution in [3.63, 3.8) is 0 Å². The van der Waals surface area contributed by atoms with Crippen LogP contribution in [0.5, 0.6) is 0 Å². The summed E-state index contributed by atoms with van der Waals surface area (Å²) in [5, 5.41) is 4.60. The number of primary amides is 1. The third-order valence-corrected chi connectivity index (χ3v) is 1.56. The highest BCUT2D eigenvalue weighted by atomic mass is 16.6. The van der Waals surface area contributed by atoms with Crippen LogP contribution in [-0.4, -0.2) is 36.1 Å². The van der Waals surface area contributed by atoms with E-state index in [4.69, 9.17) is 10.5 Å². The normalized spacial score (nSPS) is 12.5. The van der Waals surface area contributed by atoms with Crippen LogP contribution in [0.3, 0.4) is 0 Å². The van der Waals surface area contributed by atoms with Crippen molar-refractivity contribution in [1.29, 1.82) is 0 Å². The molecule has 0 heterocycles. The van der Waals surface area contributed by atoms with Gasteiger partial charge in [-0.05, 0) is 27.7 Å². The van der Waals surface area contributed by atoms with Crippen molar-refractivity contribution in [3.05, 3.63) is 0 Å². The van der Waals surface area contributed by atoms with Crippen molar-refractivity contribution >= 4 is 17.9 Å². The van der Waals surface area contributed by atoms with Crippen LogP contribution < -0.4 is 16.4 Å².